The first-order valence-corrected chi connectivity index (χ1v) is 9.11. The van der Waals surface area contributed by atoms with E-state index in [9.17, 15) is 0 Å². The lowest BCUT2D eigenvalue weighted by molar-refractivity contribution is -0.928. The number of nitrogens with zero attached hydrogens (tertiary/aromatic N) is 2. The molecule has 0 spiro atoms. The zero-order valence-electron chi connectivity index (χ0n) is 12.4. The summed E-state index contributed by atoms with van der Waals surface area (Å²) >= 11 is 17.9. The van der Waals surface area contributed by atoms with E-state index in [1.165, 1.54) is 31.9 Å². The quantitative estimate of drug-likeness (QED) is 0.525. The third kappa shape index (κ3) is 4.92. The van der Waals surface area contributed by atoms with Gasteiger partial charge in [-0.2, -0.15) is 0 Å². The van der Waals surface area contributed by atoms with Crippen LogP contribution < -0.4 is 4.90 Å². The van der Waals surface area contributed by atoms with E-state index in [4.69, 9.17) is 34.8 Å². The van der Waals surface area contributed by atoms with Crippen LogP contribution in [0.2, 0.25) is 5.02 Å². The first-order chi connectivity index (χ1) is 10.2. The second-order valence-corrected chi connectivity index (χ2v) is 6.98. The molecule has 0 saturated carbocycles. The van der Waals surface area contributed by atoms with Crippen molar-refractivity contribution in [2.24, 2.45) is 0 Å². The lowest BCUT2D eigenvalue weighted by atomic mass is 10.1. The van der Waals surface area contributed by atoms with Gasteiger partial charge < -0.3 is 9.38 Å². The van der Waals surface area contributed by atoms with Crippen LogP contribution in [0.15, 0.2) is 24.3 Å². The topological polar surface area (TPSA) is 3.24 Å². The minimum absolute atomic E-state index is 0.749. The van der Waals surface area contributed by atoms with Crippen LogP contribution in [0.1, 0.15) is 12.8 Å². The van der Waals surface area contributed by atoms with E-state index < -0.39 is 0 Å². The SMILES string of the molecule is ClCCC[N+]1(CCCCl)CCN(c2cccc(Cl)c2)CC1. The van der Waals surface area contributed by atoms with Crippen molar-refractivity contribution >= 4 is 40.5 Å². The molecule has 1 saturated heterocycles. The van der Waals surface area contributed by atoms with Crippen molar-refractivity contribution in [3.8, 4) is 0 Å². The number of quaternary nitrogens is 1. The molecule has 2 nitrogen and oxygen atoms in total. The maximum atomic E-state index is 6.10. The molecule has 5 heteroatoms. The Kier molecular flexibility index (Phi) is 6.94. The number of benzene rings is 1. The molecule has 0 aliphatic carbocycles. The smallest absolute Gasteiger partial charge is 0.0965 e. The molecule has 0 atom stereocenters. The van der Waals surface area contributed by atoms with Gasteiger partial charge in [0.2, 0.25) is 0 Å². The van der Waals surface area contributed by atoms with Crippen LogP contribution in [0.4, 0.5) is 5.69 Å². The highest BCUT2D eigenvalue weighted by Gasteiger charge is 2.32. The van der Waals surface area contributed by atoms with Crippen molar-refractivity contribution in [2.45, 2.75) is 12.8 Å². The summed E-state index contributed by atoms with van der Waals surface area (Å²) in [6.07, 6.45) is 2.17. The molecule has 1 aliphatic rings. The van der Waals surface area contributed by atoms with Crippen LogP contribution in [0.3, 0.4) is 0 Å². The Morgan fingerprint density at radius 3 is 2.14 bits per heavy atom. The van der Waals surface area contributed by atoms with Gasteiger partial charge in [0.1, 0.15) is 0 Å². The Morgan fingerprint density at radius 2 is 1.62 bits per heavy atom. The van der Waals surface area contributed by atoms with Gasteiger partial charge in [0.25, 0.3) is 0 Å². The normalized spacial score (nSPS) is 18.0. The molecule has 0 amide bonds. The van der Waals surface area contributed by atoms with Crippen molar-refractivity contribution in [2.75, 3.05) is 55.9 Å². The highest BCUT2D eigenvalue weighted by Crippen LogP contribution is 2.23. The molecule has 1 fully saturated rings. The van der Waals surface area contributed by atoms with Crippen LogP contribution in [0.5, 0.6) is 0 Å². The zero-order valence-corrected chi connectivity index (χ0v) is 14.7. The molecule has 2 rings (SSSR count). The van der Waals surface area contributed by atoms with E-state index in [1.54, 1.807) is 0 Å². The Labute approximate surface area is 143 Å². The summed E-state index contributed by atoms with van der Waals surface area (Å²) in [5.74, 6) is 1.50. The molecule has 0 N–H and O–H groups in total. The summed E-state index contributed by atoms with van der Waals surface area (Å²) in [4.78, 5) is 2.43. The van der Waals surface area contributed by atoms with Crippen LogP contribution in [-0.4, -0.2) is 55.5 Å². The molecule has 1 aromatic rings. The van der Waals surface area contributed by atoms with Gasteiger partial charge in [-0.3, -0.25) is 0 Å². The Morgan fingerprint density at radius 1 is 1.00 bits per heavy atom. The number of alkyl halides is 2. The van der Waals surface area contributed by atoms with Crippen LogP contribution in [0, 0.1) is 0 Å². The fraction of sp³-hybridized carbons (Fsp3) is 0.625. The number of hydrogen-bond donors (Lipinski definition) is 0. The van der Waals surface area contributed by atoms with Crippen molar-refractivity contribution in [1.82, 2.24) is 0 Å². The van der Waals surface area contributed by atoms with Gasteiger partial charge in [0.05, 0.1) is 39.3 Å². The van der Waals surface area contributed by atoms with Crippen LogP contribution in [0.25, 0.3) is 0 Å². The van der Waals surface area contributed by atoms with E-state index in [0.717, 1.165) is 47.2 Å². The van der Waals surface area contributed by atoms with Gasteiger partial charge in [-0.05, 0) is 18.2 Å². The monoisotopic (exact) mass is 349 g/mol. The molecular weight excluding hydrogens is 327 g/mol. The summed E-state index contributed by atoms with van der Waals surface area (Å²) in [6, 6.07) is 8.15. The number of hydrogen-bond acceptors (Lipinski definition) is 1. The summed E-state index contributed by atoms with van der Waals surface area (Å²) in [5, 5.41) is 0.808. The van der Waals surface area contributed by atoms with Gasteiger partial charge in [-0.25, -0.2) is 0 Å². The van der Waals surface area contributed by atoms with Gasteiger partial charge >= 0.3 is 0 Å². The lowest BCUT2D eigenvalue weighted by Gasteiger charge is -2.45. The summed E-state index contributed by atoms with van der Waals surface area (Å²) in [6.45, 7) is 6.82. The van der Waals surface area contributed by atoms with Crippen molar-refractivity contribution in [1.29, 1.82) is 0 Å². The van der Waals surface area contributed by atoms with E-state index in [1.807, 2.05) is 12.1 Å². The standard InChI is InChI=1S/C16H24Cl3N2/c17-6-2-10-21(11-3-7-18)12-8-20(9-13-21)16-5-1-4-15(19)14-16/h1,4-5,14H,2-3,6-13H2/q+1. The fourth-order valence-corrected chi connectivity index (χ4v) is 3.59. The highest BCUT2D eigenvalue weighted by molar-refractivity contribution is 6.30. The molecular formula is C16H24Cl3N2+. The van der Waals surface area contributed by atoms with E-state index in [0.29, 0.717) is 0 Å². The van der Waals surface area contributed by atoms with Gasteiger partial charge in [0, 0.05) is 35.3 Å². The number of rotatable bonds is 7. The number of piperazine rings is 1. The Hall–Kier alpha value is -0.150. The predicted octanol–water partition coefficient (Wildman–Crippen LogP) is 4.23. The number of anilines is 1. The van der Waals surface area contributed by atoms with Crippen molar-refractivity contribution < 1.29 is 4.48 Å². The third-order valence-electron chi connectivity index (χ3n) is 4.39. The minimum atomic E-state index is 0.749. The van der Waals surface area contributed by atoms with E-state index >= 15 is 0 Å². The second-order valence-electron chi connectivity index (χ2n) is 5.79. The predicted molar refractivity (Wildman–Crippen MR) is 94.1 cm³/mol. The molecule has 118 valence electrons. The second kappa shape index (κ2) is 8.47. The van der Waals surface area contributed by atoms with E-state index in [2.05, 4.69) is 17.0 Å². The third-order valence-corrected chi connectivity index (χ3v) is 5.16. The first kappa shape index (κ1) is 17.2. The maximum absolute atomic E-state index is 6.10. The summed E-state index contributed by atoms with van der Waals surface area (Å²) < 4.78 is 1.16. The van der Waals surface area contributed by atoms with Gasteiger partial charge in [0.15, 0.2) is 0 Å². The highest BCUT2D eigenvalue weighted by atomic mass is 35.5. The van der Waals surface area contributed by atoms with E-state index in [-0.39, 0.29) is 0 Å². The van der Waals surface area contributed by atoms with Crippen molar-refractivity contribution in [3.63, 3.8) is 0 Å². The first-order valence-electron chi connectivity index (χ1n) is 7.67. The zero-order chi connectivity index (χ0) is 15.1. The average Bonchev–Trinajstić information content (AvgIpc) is 2.52. The maximum Gasteiger partial charge on any atom is 0.0965 e. The molecule has 1 aliphatic heterocycles. The molecule has 0 radical (unpaired) electrons. The number of halogens is 3. The Balaban J connectivity index is 1.98. The van der Waals surface area contributed by atoms with Gasteiger partial charge in [-0.1, -0.05) is 17.7 Å². The molecule has 0 aromatic heterocycles. The molecule has 0 unspecified atom stereocenters. The molecule has 21 heavy (non-hydrogen) atoms. The molecule has 0 bridgehead atoms. The summed E-state index contributed by atoms with van der Waals surface area (Å²) in [7, 11) is 0. The largest absolute Gasteiger partial charge is 0.360 e. The Bertz CT molecular complexity index is 421. The average molecular weight is 351 g/mol. The van der Waals surface area contributed by atoms with Crippen LogP contribution in [-0.2, 0) is 0 Å². The van der Waals surface area contributed by atoms with Crippen molar-refractivity contribution in [3.05, 3.63) is 29.3 Å². The molecule has 1 aromatic carbocycles. The minimum Gasteiger partial charge on any atom is -0.360 e. The summed E-state index contributed by atoms with van der Waals surface area (Å²) in [5.41, 5.74) is 1.23. The van der Waals surface area contributed by atoms with Crippen LogP contribution >= 0.6 is 34.8 Å². The lowest BCUT2D eigenvalue weighted by Crippen LogP contribution is -2.60. The fourth-order valence-electron chi connectivity index (χ4n) is 3.17. The van der Waals surface area contributed by atoms with Gasteiger partial charge in [-0.15, -0.1) is 23.2 Å². The molecule has 1 heterocycles.